The summed E-state index contributed by atoms with van der Waals surface area (Å²) in [5, 5.41) is 13.8. The number of nitro groups is 1. The standard InChI is InChI=1S/C12H17N3O2/c1-12(2)6-5-9(7-12)14-10-3-4-11(13-8-10)15(16)17/h3-4,8-9,14H,5-7H2,1-2H3. The Bertz CT molecular complexity index is 414. The third kappa shape index (κ3) is 2.93. The molecule has 1 N–H and O–H groups in total. The van der Waals surface area contributed by atoms with Crippen LogP contribution in [0, 0.1) is 15.5 Å². The van der Waals surface area contributed by atoms with Gasteiger partial charge in [0.15, 0.2) is 6.20 Å². The van der Waals surface area contributed by atoms with Crippen LogP contribution in [0.15, 0.2) is 18.3 Å². The summed E-state index contributed by atoms with van der Waals surface area (Å²) in [6, 6.07) is 3.60. The molecule has 1 atom stereocenters. The van der Waals surface area contributed by atoms with Gasteiger partial charge in [0.1, 0.15) is 0 Å². The molecule has 1 aromatic rings. The maximum atomic E-state index is 10.5. The SMILES string of the molecule is CC1(C)CCC(Nc2ccc([N+](=O)[O-])nc2)C1. The van der Waals surface area contributed by atoms with Gasteiger partial charge in [0.05, 0.1) is 5.69 Å². The molecular formula is C12H17N3O2. The Morgan fingerprint density at radius 1 is 1.53 bits per heavy atom. The number of hydrogen-bond acceptors (Lipinski definition) is 4. The van der Waals surface area contributed by atoms with E-state index in [9.17, 15) is 10.1 Å². The van der Waals surface area contributed by atoms with Crippen LogP contribution in [0.3, 0.4) is 0 Å². The first-order valence-corrected chi connectivity index (χ1v) is 5.83. The predicted molar refractivity (Wildman–Crippen MR) is 65.9 cm³/mol. The minimum absolute atomic E-state index is 0.109. The lowest BCUT2D eigenvalue weighted by Gasteiger charge is -2.18. The molecule has 1 saturated carbocycles. The predicted octanol–water partition coefficient (Wildman–Crippen LogP) is 2.98. The van der Waals surface area contributed by atoms with Crippen LogP contribution in [0.1, 0.15) is 33.1 Å². The van der Waals surface area contributed by atoms with Crippen LogP contribution in [-0.2, 0) is 0 Å². The van der Waals surface area contributed by atoms with Crippen molar-refractivity contribution in [2.45, 2.75) is 39.2 Å². The zero-order valence-electron chi connectivity index (χ0n) is 10.1. The minimum Gasteiger partial charge on any atom is -0.379 e. The number of nitrogens with one attached hydrogen (secondary N) is 1. The van der Waals surface area contributed by atoms with Crippen LogP contribution < -0.4 is 5.32 Å². The lowest BCUT2D eigenvalue weighted by atomic mass is 9.92. The van der Waals surface area contributed by atoms with E-state index in [0.29, 0.717) is 11.5 Å². The van der Waals surface area contributed by atoms with Crippen molar-refractivity contribution in [2.75, 3.05) is 5.32 Å². The molecule has 0 bridgehead atoms. The van der Waals surface area contributed by atoms with Crippen molar-refractivity contribution in [2.24, 2.45) is 5.41 Å². The number of anilines is 1. The molecule has 0 saturated heterocycles. The van der Waals surface area contributed by atoms with Crippen molar-refractivity contribution in [1.29, 1.82) is 0 Å². The quantitative estimate of drug-likeness (QED) is 0.646. The molecular weight excluding hydrogens is 218 g/mol. The molecule has 0 spiro atoms. The lowest BCUT2D eigenvalue weighted by Crippen LogP contribution is -2.17. The highest BCUT2D eigenvalue weighted by Crippen LogP contribution is 2.38. The van der Waals surface area contributed by atoms with E-state index < -0.39 is 4.92 Å². The highest BCUT2D eigenvalue weighted by molar-refractivity contribution is 5.44. The first kappa shape index (κ1) is 11.8. The smallest absolute Gasteiger partial charge is 0.363 e. The minimum atomic E-state index is -0.484. The van der Waals surface area contributed by atoms with Crippen LogP contribution in [0.25, 0.3) is 0 Å². The van der Waals surface area contributed by atoms with Gasteiger partial charge in [-0.1, -0.05) is 13.8 Å². The summed E-state index contributed by atoms with van der Waals surface area (Å²) in [6.45, 7) is 4.53. The third-order valence-corrected chi connectivity index (χ3v) is 3.27. The summed E-state index contributed by atoms with van der Waals surface area (Å²) < 4.78 is 0. The van der Waals surface area contributed by atoms with Crippen molar-refractivity contribution in [3.63, 3.8) is 0 Å². The lowest BCUT2D eigenvalue weighted by molar-refractivity contribution is -0.389. The number of hydrogen-bond donors (Lipinski definition) is 1. The van der Waals surface area contributed by atoms with Gasteiger partial charge in [-0.05, 0) is 40.7 Å². The normalized spacial score (nSPS) is 22.4. The van der Waals surface area contributed by atoms with Gasteiger partial charge >= 0.3 is 5.82 Å². The average Bonchev–Trinajstić information content (AvgIpc) is 2.59. The summed E-state index contributed by atoms with van der Waals surface area (Å²) in [4.78, 5) is 13.8. The molecule has 0 aromatic carbocycles. The Hall–Kier alpha value is -1.65. The fraction of sp³-hybridized carbons (Fsp3) is 0.583. The summed E-state index contributed by atoms with van der Waals surface area (Å²) in [6.07, 6.45) is 5.02. The molecule has 92 valence electrons. The Morgan fingerprint density at radius 3 is 2.76 bits per heavy atom. The van der Waals surface area contributed by atoms with Crippen molar-refractivity contribution in [3.05, 3.63) is 28.4 Å². The summed E-state index contributed by atoms with van der Waals surface area (Å²) in [5.41, 5.74) is 1.25. The molecule has 2 rings (SSSR count). The average molecular weight is 235 g/mol. The molecule has 1 heterocycles. The van der Waals surface area contributed by atoms with Gasteiger partial charge in [-0.2, -0.15) is 0 Å². The van der Waals surface area contributed by atoms with E-state index in [1.165, 1.54) is 18.7 Å². The first-order chi connectivity index (χ1) is 7.96. The summed E-state index contributed by atoms with van der Waals surface area (Å²) in [5.74, 6) is -0.109. The van der Waals surface area contributed by atoms with E-state index in [4.69, 9.17) is 0 Å². The van der Waals surface area contributed by atoms with E-state index in [0.717, 1.165) is 18.5 Å². The molecule has 1 fully saturated rings. The van der Waals surface area contributed by atoms with E-state index >= 15 is 0 Å². The van der Waals surface area contributed by atoms with Gasteiger partial charge in [-0.25, -0.2) is 0 Å². The second-order valence-electron chi connectivity index (χ2n) is 5.41. The van der Waals surface area contributed by atoms with Crippen LogP contribution in [-0.4, -0.2) is 15.9 Å². The van der Waals surface area contributed by atoms with E-state index in [2.05, 4.69) is 24.1 Å². The zero-order valence-corrected chi connectivity index (χ0v) is 10.1. The van der Waals surface area contributed by atoms with Gasteiger partial charge in [0.25, 0.3) is 0 Å². The van der Waals surface area contributed by atoms with E-state index in [1.54, 1.807) is 6.07 Å². The molecule has 1 aliphatic rings. The van der Waals surface area contributed by atoms with Gasteiger partial charge < -0.3 is 15.4 Å². The summed E-state index contributed by atoms with van der Waals surface area (Å²) in [7, 11) is 0. The molecule has 5 heteroatoms. The van der Waals surface area contributed by atoms with Crippen molar-refractivity contribution >= 4 is 11.5 Å². The van der Waals surface area contributed by atoms with Gasteiger partial charge in [-0.3, -0.25) is 0 Å². The second-order valence-corrected chi connectivity index (χ2v) is 5.41. The monoisotopic (exact) mass is 235 g/mol. The zero-order chi connectivity index (χ0) is 12.5. The Labute approximate surface area is 100 Å². The number of rotatable bonds is 3. The second kappa shape index (κ2) is 4.31. The molecule has 0 aliphatic heterocycles. The van der Waals surface area contributed by atoms with Gasteiger partial charge in [-0.15, -0.1) is 0 Å². The Kier molecular flexibility index (Phi) is 3.00. The van der Waals surface area contributed by atoms with Crippen molar-refractivity contribution in [1.82, 2.24) is 4.98 Å². The highest BCUT2D eigenvalue weighted by Gasteiger charge is 2.30. The van der Waals surface area contributed by atoms with Crippen molar-refractivity contribution in [3.8, 4) is 0 Å². The molecule has 17 heavy (non-hydrogen) atoms. The van der Waals surface area contributed by atoms with Crippen LogP contribution in [0.4, 0.5) is 11.5 Å². The maximum Gasteiger partial charge on any atom is 0.363 e. The number of pyridine rings is 1. The fourth-order valence-corrected chi connectivity index (χ4v) is 2.37. The molecule has 1 aromatic heterocycles. The highest BCUT2D eigenvalue weighted by atomic mass is 16.6. The summed E-state index contributed by atoms with van der Waals surface area (Å²) >= 11 is 0. The number of aromatic nitrogens is 1. The largest absolute Gasteiger partial charge is 0.379 e. The Balaban J connectivity index is 1.98. The number of nitrogens with zero attached hydrogens (tertiary/aromatic N) is 2. The molecule has 1 unspecified atom stereocenters. The van der Waals surface area contributed by atoms with Gasteiger partial charge in [0, 0.05) is 12.1 Å². The van der Waals surface area contributed by atoms with Gasteiger partial charge in [0.2, 0.25) is 0 Å². The molecule has 0 amide bonds. The Morgan fingerprint density at radius 2 is 2.29 bits per heavy atom. The maximum absolute atomic E-state index is 10.5. The van der Waals surface area contributed by atoms with E-state index in [1.807, 2.05) is 0 Å². The molecule has 5 nitrogen and oxygen atoms in total. The topological polar surface area (TPSA) is 68.1 Å². The first-order valence-electron chi connectivity index (χ1n) is 5.83. The van der Waals surface area contributed by atoms with Crippen LogP contribution in [0.2, 0.25) is 0 Å². The van der Waals surface area contributed by atoms with E-state index in [-0.39, 0.29) is 5.82 Å². The third-order valence-electron chi connectivity index (χ3n) is 3.27. The fourth-order valence-electron chi connectivity index (χ4n) is 2.37. The van der Waals surface area contributed by atoms with Crippen LogP contribution in [0.5, 0.6) is 0 Å². The van der Waals surface area contributed by atoms with Crippen LogP contribution >= 0.6 is 0 Å². The molecule has 0 radical (unpaired) electrons. The molecule has 1 aliphatic carbocycles. The van der Waals surface area contributed by atoms with Crippen molar-refractivity contribution < 1.29 is 4.92 Å².